The standard InChI is InChI=1S/C6H9N5/c1-11-3-9-4-2-8-6(7)10-5(4)11/h2-5H,1H3,(H2,7,10). The maximum absolute atomic E-state index is 5.42. The summed E-state index contributed by atoms with van der Waals surface area (Å²) in [6.45, 7) is 0. The highest BCUT2D eigenvalue weighted by atomic mass is 15.3. The first-order valence-electron chi connectivity index (χ1n) is 3.40. The Labute approximate surface area is 64.3 Å². The number of aliphatic imine (C=N–C) groups is 3. The van der Waals surface area contributed by atoms with E-state index in [1.165, 1.54) is 0 Å². The van der Waals surface area contributed by atoms with Gasteiger partial charge in [0.25, 0.3) is 0 Å². The molecule has 0 spiro atoms. The molecule has 2 heterocycles. The van der Waals surface area contributed by atoms with Crippen molar-refractivity contribution < 1.29 is 0 Å². The van der Waals surface area contributed by atoms with Gasteiger partial charge in [0.15, 0.2) is 6.17 Å². The Kier molecular flexibility index (Phi) is 1.18. The fourth-order valence-electron chi connectivity index (χ4n) is 1.17. The Balaban J connectivity index is 2.27. The van der Waals surface area contributed by atoms with Gasteiger partial charge in [-0.1, -0.05) is 0 Å². The molecule has 2 rings (SSSR count). The highest BCUT2D eigenvalue weighted by molar-refractivity contribution is 5.92. The fraction of sp³-hybridized carbons (Fsp3) is 0.500. The molecule has 0 aromatic rings. The lowest BCUT2D eigenvalue weighted by Gasteiger charge is -2.20. The zero-order valence-electron chi connectivity index (χ0n) is 6.18. The summed E-state index contributed by atoms with van der Waals surface area (Å²) in [7, 11) is 1.92. The van der Waals surface area contributed by atoms with Crippen LogP contribution in [0.4, 0.5) is 0 Å². The van der Waals surface area contributed by atoms with E-state index in [1.54, 1.807) is 12.6 Å². The number of hydrogen-bond donors (Lipinski definition) is 1. The number of hydrogen-bond acceptors (Lipinski definition) is 5. The van der Waals surface area contributed by atoms with Crippen LogP contribution in [-0.2, 0) is 0 Å². The third-order valence-corrected chi connectivity index (χ3v) is 1.77. The molecular weight excluding hydrogens is 142 g/mol. The van der Waals surface area contributed by atoms with Crippen molar-refractivity contribution in [2.75, 3.05) is 7.05 Å². The monoisotopic (exact) mass is 151 g/mol. The smallest absolute Gasteiger partial charge is 0.217 e. The lowest BCUT2D eigenvalue weighted by molar-refractivity contribution is 0.402. The molecule has 0 fully saturated rings. The summed E-state index contributed by atoms with van der Waals surface area (Å²) >= 11 is 0. The van der Waals surface area contributed by atoms with Crippen molar-refractivity contribution in [2.45, 2.75) is 12.2 Å². The van der Waals surface area contributed by atoms with Crippen LogP contribution in [0, 0.1) is 0 Å². The molecule has 0 saturated heterocycles. The molecule has 0 bridgehead atoms. The third-order valence-electron chi connectivity index (χ3n) is 1.77. The second-order valence-electron chi connectivity index (χ2n) is 2.60. The van der Waals surface area contributed by atoms with Gasteiger partial charge >= 0.3 is 0 Å². The highest BCUT2D eigenvalue weighted by Gasteiger charge is 2.28. The molecule has 5 nitrogen and oxygen atoms in total. The van der Waals surface area contributed by atoms with Gasteiger partial charge in [-0.05, 0) is 0 Å². The predicted octanol–water partition coefficient (Wildman–Crippen LogP) is -0.946. The van der Waals surface area contributed by atoms with Crippen LogP contribution in [0.1, 0.15) is 0 Å². The van der Waals surface area contributed by atoms with E-state index in [-0.39, 0.29) is 12.2 Å². The molecule has 0 radical (unpaired) electrons. The number of likely N-dealkylation sites (N-methyl/N-ethyl adjacent to an activating group) is 1. The minimum absolute atomic E-state index is 0.0347. The zero-order valence-corrected chi connectivity index (χ0v) is 6.18. The third kappa shape index (κ3) is 0.886. The molecule has 0 saturated carbocycles. The Morgan fingerprint density at radius 3 is 3.27 bits per heavy atom. The number of rotatable bonds is 0. The normalized spacial score (nSPS) is 33.9. The molecule has 2 atom stereocenters. The lowest BCUT2D eigenvalue weighted by atomic mass is 10.2. The molecule has 0 amide bonds. The zero-order chi connectivity index (χ0) is 7.84. The first kappa shape index (κ1) is 6.33. The predicted molar refractivity (Wildman–Crippen MR) is 43.9 cm³/mol. The van der Waals surface area contributed by atoms with Gasteiger partial charge in [0.05, 0.1) is 6.34 Å². The van der Waals surface area contributed by atoms with Crippen LogP contribution in [-0.4, -0.2) is 42.7 Å². The first-order chi connectivity index (χ1) is 5.27. The largest absolute Gasteiger partial charge is 0.368 e. The second kappa shape index (κ2) is 2.05. The maximum Gasteiger partial charge on any atom is 0.217 e. The fourth-order valence-corrected chi connectivity index (χ4v) is 1.17. The van der Waals surface area contributed by atoms with E-state index in [0.29, 0.717) is 5.96 Å². The van der Waals surface area contributed by atoms with E-state index in [9.17, 15) is 0 Å². The topological polar surface area (TPSA) is 66.3 Å². The number of fused-ring (bicyclic) bond motifs is 1. The number of nitrogens with two attached hydrogens (primary N) is 1. The van der Waals surface area contributed by atoms with E-state index in [1.807, 2.05) is 11.9 Å². The summed E-state index contributed by atoms with van der Waals surface area (Å²) < 4.78 is 0. The Bertz CT molecular complexity index is 254. The van der Waals surface area contributed by atoms with Gasteiger partial charge in [-0.25, -0.2) is 9.98 Å². The van der Waals surface area contributed by atoms with Crippen molar-refractivity contribution in [3.63, 3.8) is 0 Å². The van der Waals surface area contributed by atoms with E-state index in [2.05, 4.69) is 15.0 Å². The molecule has 0 aromatic carbocycles. The lowest BCUT2D eigenvalue weighted by Crippen LogP contribution is -2.37. The van der Waals surface area contributed by atoms with Gasteiger partial charge in [0.1, 0.15) is 6.04 Å². The van der Waals surface area contributed by atoms with Crippen LogP contribution < -0.4 is 5.73 Å². The van der Waals surface area contributed by atoms with Gasteiger partial charge in [-0.3, -0.25) is 4.99 Å². The maximum atomic E-state index is 5.42. The average Bonchev–Trinajstić information content (AvgIpc) is 2.33. The number of guanidine groups is 1. The molecule has 58 valence electrons. The van der Waals surface area contributed by atoms with Crippen LogP contribution in [0.3, 0.4) is 0 Å². The first-order valence-corrected chi connectivity index (χ1v) is 3.40. The van der Waals surface area contributed by atoms with Gasteiger partial charge in [0.2, 0.25) is 5.96 Å². The van der Waals surface area contributed by atoms with Crippen molar-refractivity contribution >= 4 is 18.5 Å². The van der Waals surface area contributed by atoms with E-state index < -0.39 is 0 Å². The van der Waals surface area contributed by atoms with Gasteiger partial charge in [-0.2, -0.15) is 0 Å². The Morgan fingerprint density at radius 2 is 2.45 bits per heavy atom. The molecule has 2 aliphatic heterocycles. The Morgan fingerprint density at radius 1 is 1.64 bits per heavy atom. The molecule has 0 aromatic heterocycles. The molecule has 2 unspecified atom stereocenters. The van der Waals surface area contributed by atoms with Crippen molar-refractivity contribution in [1.29, 1.82) is 0 Å². The molecule has 2 N–H and O–H groups in total. The summed E-state index contributed by atoms with van der Waals surface area (Å²) in [6, 6.07) is 0.0623. The highest BCUT2D eigenvalue weighted by Crippen LogP contribution is 2.13. The average molecular weight is 151 g/mol. The quantitative estimate of drug-likeness (QED) is 0.485. The SMILES string of the molecule is CN1C=NC2C=NC(N)=NC21. The van der Waals surface area contributed by atoms with Gasteiger partial charge < -0.3 is 10.6 Å². The minimum Gasteiger partial charge on any atom is -0.368 e. The van der Waals surface area contributed by atoms with E-state index in [0.717, 1.165) is 0 Å². The summed E-state index contributed by atoms with van der Waals surface area (Å²) in [5.74, 6) is 0.337. The van der Waals surface area contributed by atoms with Crippen LogP contribution >= 0.6 is 0 Å². The van der Waals surface area contributed by atoms with Crippen LogP contribution in [0.2, 0.25) is 0 Å². The Hall–Kier alpha value is -1.39. The molecular formula is C6H9N5. The van der Waals surface area contributed by atoms with E-state index >= 15 is 0 Å². The van der Waals surface area contributed by atoms with Crippen molar-refractivity contribution in [2.24, 2.45) is 20.7 Å². The van der Waals surface area contributed by atoms with Crippen molar-refractivity contribution in [3.8, 4) is 0 Å². The molecule has 0 aliphatic carbocycles. The summed E-state index contributed by atoms with van der Waals surface area (Å²) in [5.41, 5.74) is 5.42. The van der Waals surface area contributed by atoms with Gasteiger partial charge in [-0.15, -0.1) is 0 Å². The van der Waals surface area contributed by atoms with Gasteiger partial charge in [0, 0.05) is 13.3 Å². The minimum atomic E-state index is 0.0347. The molecule has 5 heteroatoms. The van der Waals surface area contributed by atoms with Crippen molar-refractivity contribution in [3.05, 3.63) is 0 Å². The summed E-state index contributed by atoms with van der Waals surface area (Å²) in [4.78, 5) is 14.1. The molecule has 2 aliphatic rings. The molecule has 11 heavy (non-hydrogen) atoms. The second-order valence-corrected chi connectivity index (χ2v) is 2.60. The van der Waals surface area contributed by atoms with Crippen molar-refractivity contribution in [1.82, 2.24) is 4.90 Å². The number of nitrogens with zero attached hydrogens (tertiary/aromatic N) is 4. The van der Waals surface area contributed by atoms with Crippen LogP contribution in [0.5, 0.6) is 0 Å². The van der Waals surface area contributed by atoms with Crippen LogP contribution in [0.25, 0.3) is 0 Å². The van der Waals surface area contributed by atoms with Crippen LogP contribution in [0.15, 0.2) is 15.0 Å². The van der Waals surface area contributed by atoms with E-state index in [4.69, 9.17) is 5.73 Å². The summed E-state index contributed by atoms with van der Waals surface area (Å²) in [5, 5.41) is 0. The summed E-state index contributed by atoms with van der Waals surface area (Å²) in [6.07, 6.45) is 3.52.